The van der Waals surface area contributed by atoms with Gasteiger partial charge in [-0.2, -0.15) is 0 Å². The minimum absolute atomic E-state index is 0.0977. The first-order chi connectivity index (χ1) is 5.08. The van der Waals surface area contributed by atoms with Crippen molar-refractivity contribution in [3.05, 3.63) is 0 Å². The first kappa shape index (κ1) is 9.79. The Balaban J connectivity index is 2.24. The molecule has 0 bridgehead atoms. The normalized spacial score (nSPS) is 22.1. The Morgan fingerprint density at radius 3 is 2.18 bits per heavy atom. The Labute approximate surface area is 74.4 Å². The summed E-state index contributed by atoms with van der Waals surface area (Å²) in [6, 6.07) is 0. The van der Waals surface area contributed by atoms with Crippen LogP contribution in [0.4, 0.5) is 0 Å². The van der Waals surface area contributed by atoms with Crippen molar-refractivity contribution in [1.29, 1.82) is 0 Å². The van der Waals surface area contributed by atoms with E-state index in [0.717, 1.165) is 0 Å². The molecule has 0 amide bonds. The van der Waals surface area contributed by atoms with E-state index in [1.54, 1.807) is 0 Å². The summed E-state index contributed by atoms with van der Waals surface area (Å²) in [5, 5.41) is 0. The van der Waals surface area contributed by atoms with Crippen LogP contribution in [-0.2, 0) is 16.5 Å². The molecule has 0 spiro atoms. The van der Waals surface area contributed by atoms with Crippen molar-refractivity contribution in [3.63, 3.8) is 0 Å². The molecule has 0 aromatic heterocycles. The molecule has 1 fully saturated rings. The van der Waals surface area contributed by atoms with E-state index in [1.165, 1.54) is 0 Å². The van der Waals surface area contributed by atoms with Crippen LogP contribution in [0.2, 0.25) is 19.6 Å². The van der Waals surface area contributed by atoms with Gasteiger partial charge in [0.1, 0.15) is 0 Å². The fourth-order valence-electron chi connectivity index (χ4n) is 0.439. The Kier molecular flexibility index (Phi) is 3.64. The first-order valence-corrected chi connectivity index (χ1v) is 9.40. The van der Waals surface area contributed by atoms with Crippen molar-refractivity contribution in [2.75, 3.05) is 0 Å². The summed E-state index contributed by atoms with van der Waals surface area (Å²) < 4.78 is 20.8. The Hall–Kier alpha value is 0.708. The van der Waals surface area contributed by atoms with Gasteiger partial charge in [-0.1, -0.05) is 0 Å². The molecule has 1 aliphatic heterocycles. The molecule has 0 unspecified atom stereocenters. The zero-order valence-corrected chi connectivity index (χ0v) is 10.6. The van der Waals surface area contributed by atoms with E-state index in [-0.39, 0.29) is 20.0 Å². The predicted molar refractivity (Wildman–Crippen MR) is 44.9 cm³/mol. The van der Waals surface area contributed by atoms with Gasteiger partial charge in [-0.3, -0.25) is 0 Å². The fourth-order valence-corrected chi connectivity index (χ4v) is 5.83. The third-order valence-electron chi connectivity index (χ3n) is 0.723. The molecule has 4 nitrogen and oxygen atoms in total. The molecule has 61 valence electrons. The van der Waals surface area contributed by atoms with Crippen LogP contribution in [-0.4, -0.2) is 37.9 Å². The lowest BCUT2D eigenvalue weighted by Gasteiger charge is -2.24. The van der Waals surface area contributed by atoms with Gasteiger partial charge in [-0.15, -0.1) is 0 Å². The summed E-state index contributed by atoms with van der Waals surface area (Å²) in [6.07, 6.45) is 0. The second-order valence-corrected chi connectivity index (χ2v) is 11.3. The molecule has 11 heavy (non-hydrogen) atoms. The van der Waals surface area contributed by atoms with E-state index in [9.17, 15) is 0 Å². The van der Waals surface area contributed by atoms with E-state index in [0.29, 0.717) is 0 Å². The van der Waals surface area contributed by atoms with Crippen LogP contribution >= 0.6 is 0 Å². The zero-order valence-electron chi connectivity index (χ0n) is 6.63. The molecule has 0 N–H and O–H groups in total. The van der Waals surface area contributed by atoms with Crippen molar-refractivity contribution in [3.8, 4) is 0 Å². The molecule has 0 aromatic carbocycles. The highest BCUT2D eigenvalue weighted by molar-refractivity contribution is 6.76. The standard InChI is InChI=1S/C3H9O4Si4/c1-11(2,3)7-10-5-8-4-9-6-10/h1-3H3. The monoisotopic (exact) mass is 221 g/mol. The van der Waals surface area contributed by atoms with Crippen LogP contribution in [0.25, 0.3) is 0 Å². The lowest BCUT2D eigenvalue weighted by Crippen LogP contribution is -2.44. The predicted octanol–water partition coefficient (Wildman–Crippen LogP) is -0.0454. The number of hydrogen-bond acceptors (Lipinski definition) is 4. The van der Waals surface area contributed by atoms with Crippen LogP contribution in [0, 0.1) is 0 Å². The van der Waals surface area contributed by atoms with Gasteiger partial charge in [0.25, 0.3) is 0 Å². The topological polar surface area (TPSA) is 36.9 Å². The summed E-state index contributed by atoms with van der Waals surface area (Å²) in [5.41, 5.74) is 0. The Morgan fingerprint density at radius 1 is 1.18 bits per heavy atom. The molecule has 0 aliphatic carbocycles. The smallest absolute Gasteiger partial charge is 0.415 e. The third kappa shape index (κ3) is 4.32. The quantitative estimate of drug-likeness (QED) is 0.613. The van der Waals surface area contributed by atoms with Crippen molar-refractivity contribution in [2.45, 2.75) is 19.6 Å². The van der Waals surface area contributed by atoms with Gasteiger partial charge in [0.05, 0.1) is 0 Å². The molecular weight excluding hydrogens is 212 g/mol. The van der Waals surface area contributed by atoms with Crippen LogP contribution in [0.15, 0.2) is 0 Å². The second-order valence-electron chi connectivity index (χ2n) is 2.94. The lowest BCUT2D eigenvalue weighted by molar-refractivity contribution is 0.248. The summed E-state index contributed by atoms with van der Waals surface area (Å²) >= 11 is 0. The minimum atomic E-state index is -1.50. The molecule has 0 atom stereocenters. The van der Waals surface area contributed by atoms with Crippen LogP contribution in [0.1, 0.15) is 0 Å². The van der Waals surface area contributed by atoms with E-state index in [1.807, 2.05) is 0 Å². The minimum Gasteiger partial charge on any atom is -0.415 e. The lowest BCUT2D eigenvalue weighted by atomic mass is 11.8. The number of rotatable bonds is 2. The van der Waals surface area contributed by atoms with Crippen molar-refractivity contribution in [1.82, 2.24) is 0 Å². The van der Waals surface area contributed by atoms with E-state index >= 15 is 0 Å². The average molecular weight is 221 g/mol. The van der Waals surface area contributed by atoms with Gasteiger partial charge in [0.2, 0.25) is 0 Å². The van der Waals surface area contributed by atoms with Crippen LogP contribution < -0.4 is 0 Å². The molecule has 0 aromatic rings. The SMILES string of the molecule is C[Si](C)(C)O[Si]1O[Si]O[Si]O1. The first-order valence-electron chi connectivity index (χ1n) is 3.13. The molecule has 1 rings (SSSR count). The van der Waals surface area contributed by atoms with Gasteiger partial charge >= 0.3 is 29.5 Å². The molecule has 1 saturated heterocycles. The highest BCUT2D eigenvalue weighted by atomic mass is 28.5. The molecule has 5 radical (unpaired) electrons. The van der Waals surface area contributed by atoms with E-state index in [2.05, 4.69) is 19.6 Å². The summed E-state index contributed by atoms with van der Waals surface area (Å²) in [4.78, 5) is 0. The van der Waals surface area contributed by atoms with E-state index < -0.39 is 17.8 Å². The highest BCUT2D eigenvalue weighted by Gasteiger charge is 2.31. The Bertz CT molecular complexity index is 119. The highest BCUT2D eigenvalue weighted by Crippen LogP contribution is 2.07. The zero-order chi connectivity index (χ0) is 8.32. The maximum Gasteiger partial charge on any atom is 0.547 e. The summed E-state index contributed by atoms with van der Waals surface area (Å²) in [6.45, 7) is 6.33. The molecule has 1 heterocycles. The maximum atomic E-state index is 5.61. The maximum absolute atomic E-state index is 5.61. The molecular formula is C3H9O4Si4. The van der Waals surface area contributed by atoms with E-state index in [4.69, 9.17) is 16.5 Å². The van der Waals surface area contributed by atoms with Gasteiger partial charge in [-0.05, 0) is 19.6 Å². The molecule has 1 aliphatic rings. The van der Waals surface area contributed by atoms with Crippen molar-refractivity contribution in [2.24, 2.45) is 0 Å². The van der Waals surface area contributed by atoms with Gasteiger partial charge < -0.3 is 16.5 Å². The van der Waals surface area contributed by atoms with Crippen LogP contribution in [0.5, 0.6) is 0 Å². The third-order valence-corrected chi connectivity index (χ3v) is 6.51. The second kappa shape index (κ2) is 4.09. The van der Waals surface area contributed by atoms with Crippen molar-refractivity contribution >= 4 is 37.9 Å². The summed E-state index contributed by atoms with van der Waals surface area (Å²) in [5.74, 6) is 0. The summed E-state index contributed by atoms with van der Waals surface area (Å²) in [7, 11) is -2.74. The van der Waals surface area contributed by atoms with Gasteiger partial charge in [-0.25, -0.2) is 0 Å². The van der Waals surface area contributed by atoms with Gasteiger partial charge in [0.15, 0.2) is 8.32 Å². The Morgan fingerprint density at radius 2 is 1.73 bits per heavy atom. The van der Waals surface area contributed by atoms with Gasteiger partial charge in [0, 0.05) is 0 Å². The van der Waals surface area contributed by atoms with Crippen molar-refractivity contribution < 1.29 is 16.5 Å². The molecule has 8 heteroatoms. The largest absolute Gasteiger partial charge is 0.547 e. The molecule has 0 saturated carbocycles. The fraction of sp³-hybridized carbons (Fsp3) is 1.00. The average Bonchev–Trinajstić information content (AvgIpc) is 1.85. The van der Waals surface area contributed by atoms with Crippen LogP contribution in [0.3, 0.4) is 0 Å². The number of hydrogen-bond donors (Lipinski definition) is 0.